The Hall–Kier alpha value is -1.22. The fourth-order valence-corrected chi connectivity index (χ4v) is 0.464. The van der Waals surface area contributed by atoms with E-state index in [0.717, 1.165) is 0 Å². The second kappa shape index (κ2) is 2.94. The van der Waals surface area contributed by atoms with Gasteiger partial charge in [0.2, 0.25) is 0 Å². The molecule has 0 saturated heterocycles. The molecule has 0 atom stereocenters. The van der Waals surface area contributed by atoms with Crippen LogP contribution in [0.15, 0.2) is 24.3 Å². The van der Waals surface area contributed by atoms with Crippen LogP contribution in [0.5, 0.6) is 11.5 Å². The summed E-state index contributed by atoms with van der Waals surface area (Å²) in [7, 11) is 0. The Labute approximate surface area is 53.2 Å². The van der Waals surface area contributed by atoms with Crippen LogP contribution < -0.4 is 6.15 Å². The number of para-hydroxylation sites is 2. The minimum Gasteiger partial charge on any atom is -0.504 e. The number of hydrogen-bond donors (Lipinski definition) is 3. The molecular weight excluding hydrogens is 118 g/mol. The van der Waals surface area contributed by atoms with Crippen LogP contribution in [0.2, 0.25) is 0 Å². The number of rotatable bonds is 0. The van der Waals surface area contributed by atoms with Gasteiger partial charge in [0.15, 0.2) is 11.5 Å². The molecule has 0 saturated carbocycles. The van der Waals surface area contributed by atoms with Crippen molar-refractivity contribution in [1.29, 1.82) is 0 Å². The Morgan fingerprint density at radius 3 is 1.44 bits per heavy atom. The number of hydrogen-bond acceptors (Lipinski definition) is 3. The SMILES string of the molecule is N.Oc1ccccc1O. The van der Waals surface area contributed by atoms with Crippen LogP contribution in [0.1, 0.15) is 0 Å². The average molecular weight is 127 g/mol. The summed E-state index contributed by atoms with van der Waals surface area (Å²) in [6.45, 7) is 0. The summed E-state index contributed by atoms with van der Waals surface area (Å²) >= 11 is 0. The van der Waals surface area contributed by atoms with Crippen molar-refractivity contribution < 1.29 is 10.2 Å². The smallest absolute Gasteiger partial charge is 0.157 e. The second-order valence-corrected chi connectivity index (χ2v) is 1.49. The Kier molecular flexibility index (Phi) is 2.54. The number of benzene rings is 1. The lowest BCUT2D eigenvalue weighted by Crippen LogP contribution is -1.63. The van der Waals surface area contributed by atoms with Gasteiger partial charge in [0.25, 0.3) is 0 Å². The van der Waals surface area contributed by atoms with Crippen LogP contribution in [0.4, 0.5) is 0 Å². The highest BCUT2D eigenvalue weighted by Crippen LogP contribution is 2.21. The molecule has 3 heteroatoms. The topological polar surface area (TPSA) is 75.5 Å². The lowest BCUT2D eigenvalue weighted by molar-refractivity contribution is 0.404. The van der Waals surface area contributed by atoms with Gasteiger partial charge in [0.05, 0.1) is 0 Å². The van der Waals surface area contributed by atoms with Gasteiger partial charge in [0.1, 0.15) is 0 Å². The molecule has 0 heterocycles. The highest BCUT2D eigenvalue weighted by molar-refractivity contribution is 5.36. The van der Waals surface area contributed by atoms with Crippen LogP contribution in [-0.2, 0) is 0 Å². The molecule has 0 aliphatic carbocycles. The van der Waals surface area contributed by atoms with Gasteiger partial charge in [0, 0.05) is 0 Å². The van der Waals surface area contributed by atoms with Gasteiger partial charge in [-0.2, -0.15) is 0 Å². The summed E-state index contributed by atoms with van der Waals surface area (Å²) in [5, 5.41) is 17.3. The van der Waals surface area contributed by atoms with Gasteiger partial charge >= 0.3 is 0 Å². The normalized spacial score (nSPS) is 8.00. The molecule has 0 spiro atoms. The lowest BCUT2D eigenvalue weighted by atomic mass is 10.3. The van der Waals surface area contributed by atoms with Gasteiger partial charge in [-0.1, -0.05) is 12.1 Å². The van der Waals surface area contributed by atoms with Crippen molar-refractivity contribution in [2.75, 3.05) is 0 Å². The van der Waals surface area contributed by atoms with E-state index in [0.29, 0.717) is 0 Å². The van der Waals surface area contributed by atoms with Crippen molar-refractivity contribution in [3.63, 3.8) is 0 Å². The molecular formula is C6H9NO2. The van der Waals surface area contributed by atoms with Crippen LogP contribution in [0.3, 0.4) is 0 Å². The summed E-state index contributed by atoms with van der Waals surface area (Å²) in [6, 6.07) is 6.15. The van der Waals surface area contributed by atoms with E-state index in [2.05, 4.69) is 0 Å². The Morgan fingerprint density at radius 1 is 0.889 bits per heavy atom. The molecule has 1 rings (SSSR count). The highest BCUT2D eigenvalue weighted by Gasteiger charge is 1.90. The fraction of sp³-hybridized carbons (Fsp3) is 0. The molecule has 50 valence electrons. The monoisotopic (exact) mass is 127 g/mol. The summed E-state index contributed by atoms with van der Waals surface area (Å²) in [4.78, 5) is 0. The van der Waals surface area contributed by atoms with Gasteiger partial charge < -0.3 is 16.4 Å². The van der Waals surface area contributed by atoms with Crippen LogP contribution >= 0.6 is 0 Å². The minimum absolute atomic E-state index is 0. The third-order valence-corrected chi connectivity index (χ3v) is 0.882. The van der Waals surface area contributed by atoms with E-state index in [1.807, 2.05) is 0 Å². The van der Waals surface area contributed by atoms with E-state index in [1.165, 1.54) is 12.1 Å². The Morgan fingerprint density at radius 2 is 1.22 bits per heavy atom. The summed E-state index contributed by atoms with van der Waals surface area (Å²) in [6.07, 6.45) is 0. The summed E-state index contributed by atoms with van der Waals surface area (Å²) in [5.74, 6) is -0.153. The molecule has 0 radical (unpaired) electrons. The van der Waals surface area contributed by atoms with Gasteiger partial charge in [-0.15, -0.1) is 0 Å². The maximum atomic E-state index is 8.67. The number of phenolic OH excluding ortho intramolecular Hbond substituents is 2. The Balaban J connectivity index is 0.000000640. The Bertz CT molecular complexity index is 167. The third kappa shape index (κ3) is 1.62. The first-order valence-corrected chi connectivity index (χ1v) is 2.27. The third-order valence-electron chi connectivity index (χ3n) is 0.882. The molecule has 1 aromatic carbocycles. The van der Waals surface area contributed by atoms with E-state index < -0.39 is 0 Å². The standard InChI is InChI=1S/C6H6O2.H3N/c7-5-3-1-2-4-6(5)8;/h1-4,7-8H;1H3. The number of phenols is 2. The first-order valence-electron chi connectivity index (χ1n) is 2.27. The zero-order valence-electron chi connectivity index (χ0n) is 4.91. The molecule has 5 N–H and O–H groups in total. The molecule has 0 bridgehead atoms. The van der Waals surface area contributed by atoms with Gasteiger partial charge in [-0.3, -0.25) is 0 Å². The first kappa shape index (κ1) is 7.78. The van der Waals surface area contributed by atoms with Gasteiger partial charge in [-0.25, -0.2) is 0 Å². The fourth-order valence-electron chi connectivity index (χ4n) is 0.464. The second-order valence-electron chi connectivity index (χ2n) is 1.49. The predicted octanol–water partition coefficient (Wildman–Crippen LogP) is 1.26. The molecule has 0 unspecified atom stereocenters. The summed E-state index contributed by atoms with van der Waals surface area (Å²) in [5.41, 5.74) is 0. The zero-order chi connectivity index (χ0) is 5.98. The predicted molar refractivity (Wildman–Crippen MR) is 34.8 cm³/mol. The molecule has 0 aromatic heterocycles. The average Bonchev–Trinajstić information content (AvgIpc) is 1.77. The molecule has 9 heavy (non-hydrogen) atoms. The number of aromatic hydroxyl groups is 2. The van der Waals surface area contributed by atoms with E-state index in [4.69, 9.17) is 10.2 Å². The maximum absolute atomic E-state index is 8.67. The van der Waals surface area contributed by atoms with Gasteiger partial charge in [-0.05, 0) is 12.1 Å². The van der Waals surface area contributed by atoms with Crippen molar-refractivity contribution in [2.45, 2.75) is 0 Å². The quantitative estimate of drug-likeness (QED) is 0.459. The molecule has 0 amide bonds. The summed E-state index contributed by atoms with van der Waals surface area (Å²) < 4.78 is 0. The van der Waals surface area contributed by atoms with Crippen molar-refractivity contribution in [2.24, 2.45) is 0 Å². The van der Waals surface area contributed by atoms with Crippen LogP contribution in [0.25, 0.3) is 0 Å². The lowest BCUT2D eigenvalue weighted by Gasteiger charge is -1.91. The van der Waals surface area contributed by atoms with Crippen molar-refractivity contribution in [1.82, 2.24) is 6.15 Å². The van der Waals surface area contributed by atoms with E-state index in [-0.39, 0.29) is 17.6 Å². The molecule has 3 nitrogen and oxygen atoms in total. The first-order chi connectivity index (χ1) is 3.80. The van der Waals surface area contributed by atoms with Crippen molar-refractivity contribution >= 4 is 0 Å². The van der Waals surface area contributed by atoms with Crippen LogP contribution in [-0.4, -0.2) is 10.2 Å². The molecule has 0 fully saturated rings. The van der Waals surface area contributed by atoms with Crippen molar-refractivity contribution in [3.8, 4) is 11.5 Å². The largest absolute Gasteiger partial charge is 0.504 e. The molecule has 1 aromatic rings. The zero-order valence-corrected chi connectivity index (χ0v) is 4.91. The molecule has 0 aliphatic heterocycles. The van der Waals surface area contributed by atoms with E-state index >= 15 is 0 Å². The van der Waals surface area contributed by atoms with Crippen LogP contribution in [0, 0.1) is 0 Å². The highest BCUT2D eigenvalue weighted by atomic mass is 16.3. The molecule has 0 aliphatic rings. The maximum Gasteiger partial charge on any atom is 0.157 e. The van der Waals surface area contributed by atoms with Crippen molar-refractivity contribution in [3.05, 3.63) is 24.3 Å². The van der Waals surface area contributed by atoms with E-state index in [1.54, 1.807) is 12.1 Å². The van der Waals surface area contributed by atoms with E-state index in [9.17, 15) is 0 Å². The minimum atomic E-state index is -0.0764.